The summed E-state index contributed by atoms with van der Waals surface area (Å²) >= 11 is 1.48. The van der Waals surface area contributed by atoms with Crippen molar-refractivity contribution in [1.29, 1.82) is 0 Å². The van der Waals surface area contributed by atoms with E-state index >= 15 is 0 Å². The SMILES string of the molecule is CSc1nc2cc[n+](CC(=O)N3CCN(C4CCC4)CC3)cc2o1.[I-]. The molecule has 2 aromatic heterocycles. The van der Waals surface area contributed by atoms with Crippen molar-refractivity contribution in [2.45, 2.75) is 37.1 Å². The molecule has 0 N–H and O–H groups in total. The second-order valence-electron chi connectivity index (χ2n) is 6.55. The summed E-state index contributed by atoms with van der Waals surface area (Å²) in [5.41, 5.74) is 1.56. The lowest BCUT2D eigenvalue weighted by molar-refractivity contribution is -0.684. The molecule has 1 amide bonds. The predicted molar refractivity (Wildman–Crippen MR) is 91.8 cm³/mol. The van der Waals surface area contributed by atoms with Crippen molar-refractivity contribution >= 4 is 28.8 Å². The smallest absolute Gasteiger partial charge is 0.288 e. The van der Waals surface area contributed by atoms with E-state index in [1.54, 1.807) is 0 Å². The number of hydrogen-bond acceptors (Lipinski definition) is 5. The van der Waals surface area contributed by atoms with Crippen LogP contribution in [-0.2, 0) is 11.3 Å². The quantitative estimate of drug-likeness (QED) is 0.308. The van der Waals surface area contributed by atoms with Crippen LogP contribution in [0.2, 0.25) is 0 Å². The van der Waals surface area contributed by atoms with Gasteiger partial charge >= 0.3 is 0 Å². The molecule has 25 heavy (non-hydrogen) atoms. The molecule has 1 aliphatic heterocycles. The van der Waals surface area contributed by atoms with Crippen molar-refractivity contribution in [2.75, 3.05) is 32.4 Å². The van der Waals surface area contributed by atoms with E-state index in [-0.39, 0.29) is 29.9 Å². The standard InChI is InChI=1S/C17H23N4O2S.HI/c1-24-17-18-14-5-6-19(11-15(14)23-17)12-16(22)21-9-7-20(8-10-21)13-3-2-4-13;/h5-6,11,13H,2-4,7-10,12H2,1H3;1H/q+1;/p-1. The van der Waals surface area contributed by atoms with E-state index in [0.717, 1.165) is 43.3 Å². The molecule has 1 saturated heterocycles. The Morgan fingerprint density at radius 3 is 2.76 bits per heavy atom. The van der Waals surface area contributed by atoms with Gasteiger partial charge in [-0.2, -0.15) is 4.57 Å². The molecule has 3 heterocycles. The number of halogens is 1. The first kappa shape index (κ1) is 18.9. The van der Waals surface area contributed by atoms with E-state index in [9.17, 15) is 4.79 Å². The molecule has 2 aromatic rings. The number of nitrogens with zero attached hydrogens (tertiary/aromatic N) is 4. The summed E-state index contributed by atoms with van der Waals surface area (Å²) in [6, 6.07) is 2.68. The zero-order chi connectivity index (χ0) is 16.5. The lowest BCUT2D eigenvalue weighted by atomic mass is 9.91. The van der Waals surface area contributed by atoms with Gasteiger partial charge in [-0.25, -0.2) is 4.98 Å². The van der Waals surface area contributed by atoms with Crippen molar-refractivity contribution in [3.8, 4) is 0 Å². The lowest BCUT2D eigenvalue weighted by Crippen LogP contribution is -3.00. The van der Waals surface area contributed by atoms with Crippen LogP contribution in [0.1, 0.15) is 19.3 Å². The average Bonchev–Trinajstić information content (AvgIpc) is 2.96. The molecule has 0 radical (unpaired) electrons. The third-order valence-corrected chi connectivity index (χ3v) is 5.64. The maximum atomic E-state index is 12.6. The number of pyridine rings is 1. The zero-order valence-corrected chi connectivity index (χ0v) is 17.3. The Morgan fingerprint density at radius 2 is 2.12 bits per heavy atom. The third-order valence-electron chi connectivity index (χ3n) is 5.12. The molecular weight excluding hydrogens is 451 g/mol. The second-order valence-corrected chi connectivity index (χ2v) is 7.31. The Bertz CT molecular complexity index is 741. The number of thioether (sulfide) groups is 1. The number of piperazine rings is 1. The average molecular weight is 474 g/mol. The minimum Gasteiger partial charge on any atom is -1.00 e. The fourth-order valence-corrected chi connectivity index (χ4v) is 3.79. The van der Waals surface area contributed by atoms with Crippen molar-refractivity contribution in [2.24, 2.45) is 0 Å². The summed E-state index contributed by atoms with van der Waals surface area (Å²) in [6.07, 6.45) is 9.73. The molecule has 0 spiro atoms. The van der Waals surface area contributed by atoms with Crippen LogP contribution in [0.3, 0.4) is 0 Å². The topological polar surface area (TPSA) is 53.5 Å². The first-order valence-electron chi connectivity index (χ1n) is 8.58. The molecule has 136 valence electrons. The molecule has 4 rings (SSSR count). The molecule has 0 bridgehead atoms. The van der Waals surface area contributed by atoms with Crippen molar-refractivity contribution < 1.29 is 37.8 Å². The Labute approximate surface area is 169 Å². The molecule has 2 fully saturated rings. The molecule has 8 heteroatoms. The van der Waals surface area contributed by atoms with Gasteiger partial charge in [0.15, 0.2) is 6.20 Å². The molecule has 6 nitrogen and oxygen atoms in total. The van der Waals surface area contributed by atoms with E-state index in [1.165, 1.54) is 31.0 Å². The molecule has 1 aliphatic carbocycles. The van der Waals surface area contributed by atoms with Crippen LogP contribution in [0.25, 0.3) is 11.1 Å². The number of carbonyl (C=O) groups is 1. The molecule has 0 aromatic carbocycles. The highest BCUT2D eigenvalue weighted by Gasteiger charge is 2.30. The number of fused-ring (bicyclic) bond motifs is 1. The summed E-state index contributed by atoms with van der Waals surface area (Å²) in [7, 11) is 0. The van der Waals surface area contributed by atoms with Crippen LogP contribution in [0, 0.1) is 0 Å². The van der Waals surface area contributed by atoms with Gasteiger partial charge in [0.05, 0.1) is 0 Å². The molecule has 0 unspecified atom stereocenters. The Hall–Kier alpha value is -0.870. The van der Waals surface area contributed by atoms with Gasteiger partial charge in [0, 0.05) is 38.3 Å². The summed E-state index contributed by atoms with van der Waals surface area (Å²) in [6.45, 7) is 4.07. The lowest BCUT2D eigenvalue weighted by Gasteiger charge is -2.42. The maximum Gasteiger partial charge on any atom is 0.288 e. The number of aromatic nitrogens is 2. The Balaban J connectivity index is 0.00000182. The summed E-state index contributed by atoms with van der Waals surface area (Å²) in [5.74, 6) is 0.178. The van der Waals surface area contributed by atoms with Gasteiger partial charge in [0.2, 0.25) is 18.3 Å². The largest absolute Gasteiger partial charge is 1.00 e. The number of hydrogen-bond donors (Lipinski definition) is 0. The Kier molecular flexibility index (Phi) is 6.21. The van der Waals surface area contributed by atoms with Crippen LogP contribution >= 0.6 is 11.8 Å². The van der Waals surface area contributed by atoms with Crippen LogP contribution < -0.4 is 28.5 Å². The van der Waals surface area contributed by atoms with Gasteiger partial charge in [0.25, 0.3) is 11.1 Å². The van der Waals surface area contributed by atoms with Crippen LogP contribution in [-0.4, -0.2) is 59.2 Å². The third kappa shape index (κ3) is 4.11. The van der Waals surface area contributed by atoms with Gasteiger partial charge in [-0.3, -0.25) is 9.69 Å². The predicted octanol–water partition coefficient (Wildman–Crippen LogP) is -1.46. The number of amides is 1. The molecule has 0 atom stereocenters. The van der Waals surface area contributed by atoms with E-state index in [1.807, 2.05) is 34.2 Å². The number of rotatable bonds is 4. The summed E-state index contributed by atoms with van der Waals surface area (Å²) in [5, 5.41) is 0.654. The van der Waals surface area contributed by atoms with Crippen LogP contribution in [0.15, 0.2) is 28.1 Å². The fraction of sp³-hybridized carbons (Fsp3) is 0.588. The second kappa shape index (κ2) is 8.22. The monoisotopic (exact) mass is 474 g/mol. The van der Waals surface area contributed by atoms with Crippen molar-refractivity contribution in [3.63, 3.8) is 0 Å². The van der Waals surface area contributed by atoms with Gasteiger partial charge < -0.3 is 33.3 Å². The van der Waals surface area contributed by atoms with Crippen molar-refractivity contribution in [1.82, 2.24) is 14.8 Å². The minimum absolute atomic E-state index is 0. The number of carbonyl (C=O) groups excluding carboxylic acids is 1. The van der Waals surface area contributed by atoms with Crippen LogP contribution in [0.5, 0.6) is 0 Å². The maximum absolute atomic E-state index is 12.6. The van der Waals surface area contributed by atoms with Gasteiger partial charge in [-0.1, -0.05) is 18.2 Å². The van der Waals surface area contributed by atoms with E-state index < -0.39 is 0 Å². The summed E-state index contributed by atoms with van der Waals surface area (Å²) < 4.78 is 7.53. The fourth-order valence-electron chi connectivity index (χ4n) is 3.42. The number of oxazole rings is 1. The van der Waals surface area contributed by atoms with Gasteiger partial charge in [-0.05, 0) is 19.1 Å². The molecule has 2 aliphatic rings. The Morgan fingerprint density at radius 1 is 1.36 bits per heavy atom. The highest BCUT2D eigenvalue weighted by molar-refractivity contribution is 7.98. The highest BCUT2D eigenvalue weighted by atomic mass is 127. The first-order chi connectivity index (χ1) is 11.7. The van der Waals surface area contributed by atoms with Gasteiger partial charge in [0.1, 0.15) is 5.52 Å². The normalized spacial score (nSPS) is 18.8. The van der Waals surface area contributed by atoms with Crippen molar-refractivity contribution in [3.05, 3.63) is 18.5 Å². The van der Waals surface area contributed by atoms with E-state index in [2.05, 4.69) is 9.88 Å². The first-order valence-corrected chi connectivity index (χ1v) is 9.81. The van der Waals surface area contributed by atoms with Gasteiger partial charge in [-0.15, -0.1) is 0 Å². The zero-order valence-electron chi connectivity index (χ0n) is 14.4. The van der Waals surface area contributed by atoms with E-state index in [0.29, 0.717) is 11.8 Å². The minimum atomic E-state index is 0. The summed E-state index contributed by atoms with van der Waals surface area (Å²) in [4.78, 5) is 21.5. The van der Waals surface area contributed by atoms with E-state index in [4.69, 9.17) is 4.42 Å². The van der Waals surface area contributed by atoms with Crippen LogP contribution in [0.4, 0.5) is 0 Å². The molecule has 1 saturated carbocycles. The molecular formula is C17H23IN4O2S. The highest BCUT2D eigenvalue weighted by Crippen LogP contribution is 2.25.